The first-order valence-electron chi connectivity index (χ1n) is 11.3. The summed E-state index contributed by atoms with van der Waals surface area (Å²) >= 11 is 0. The fourth-order valence-electron chi connectivity index (χ4n) is 3.48. The van der Waals surface area contributed by atoms with Gasteiger partial charge in [-0.25, -0.2) is 0 Å². The summed E-state index contributed by atoms with van der Waals surface area (Å²) in [7, 11) is -4.20. The van der Waals surface area contributed by atoms with E-state index in [0.717, 1.165) is 6.07 Å². The molecule has 21 heteroatoms. The smallest absolute Gasteiger partial charge is 0.374 e. The average Bonchev–Trinajstić information content (AvgIpc) is 2.83. The molecule has 1 aromatic rings. The van der Waals surface area contributed by atoms with Gasteiger partial charge in [0.05, 0.1) is 0 Å². The van der Waals surface area contributed by atoms with E-state index in [0.29, 0.717) is 12.1 Å². The first-order chi connectivity index (χ1) is 18.6. The third-order valence-corrected chi connectivity index (χ3v) is 8.58. The van der Waals surface area contributed by atoms with Crippen molar-refractivity contribution < 1.29 is 87.9 Å². The maximum atomic E-state index is 15.0. The molecule has 0 aliphatic heterocycles. The molecule has 246 valence electrons. The highest BCUT2D eigenvalue weighted by Crippen LogP contribution is 2.65. The monoisotopic (exact) mass is 672 g/mol. The maximum absolute atomic E-state index is 15.0. The lowest BCUT2D eigenvalue weighted by molar-refractivity contribution is -0.462. The molecule has 0 amide bonds. The molecule has 0 N–H and O–H groups in total. The van der Waals surface area contributed by atoms with E-state index in [1.165, 1.54) is 20.8 Å². The fourth-order valence-corrected chi connectivity index (χ4v) is 6.14. The molecule has 0 radical (unpaired) electrons. The van der Waals surface area contributed by atoms with Gasteiger partial charge in [-0.05, 0) is 26.3 Å². The van der Waals surface area contributed by atoms with Crippen molar-refractivity contribution in [2.75, 3.05) is 19.8 Å². The molecule has 3 nitrogen and oxygen atoms in total. The predicted molar refractivity (Wildman–Crippen MR) is 110 cm³/mol. The van der Waals surface area contributed by atoms with Crippen LogP contribution in [0.4, 0.5) is 74.6 Å². The molecule has 0 aromatic heterocycles. The Balaban J connectivity index is 3.84. The quantitative estimate of drug-likeness (QED) is 0.139. The van der Waals surface area contributed by atoms with E-state index in [9.17, 15) is 65.9 Å². The Morgan fingerprint density at radius 1 is 0.500 bits per heavy atom. The van der Waals surface area contributed by atoms with Crippen LogP contribution in [0.1, 0.15) is 31.9 Å². The standard InChI is InChI=1S/C21H21F17O3Si/c1-4-39-42(40-5-2,41-6-3)11-12-9-7-8-10-13(12)14(22,23)15(24,25)16(26,27)17(28,29)18(30,31)19(32,33)20(34,35)21(36,37)38/h7-10H,4-6,11H2,1-3H3. The summed E-state index contributed by atoms with van der Waals surface area (Å²) in [5, 5.41) is 0. The second-order valence-electron chi connectivity index (χ2n) is 8.33. The molecule has 0 spiro atoms. The van der Waals surface area contributed by atoms with Gasteiger partial charge < -0.3 is 13.3 Å². The number of hydrogen-bond acceptors (Lipinski definition) is 3. The maximum Gasteiger partial charge on any atom is 0.505 e. The van der Waals surface area contributed by atoms with Gasteiger partial charge in [-0.15, -0.1) is 0 Å². The van der Waals surface area contributed by atoms with Crippen LogP contribution in [0.25, 0.3) is 0 Å². The van der Waals surface area contributed by atoms with Gasteiger partial charge in [-0.1, -0.05) is 24.3 Å². The Hall–Kier alpha value is -1.87. The largest absolute Gasteiger partial charge is 0.505 e. The van der Waals surface area contributed by atoms with E-state index >= 15 is 8.78 Å². The Kier molecular flexibility index (Phi) is 10.8. The predicted octanol–water partition coefficient (Wildman–Crippen LogP) is 8.28. The van der Waals surface area contributed by atoms with Gasteiger partial charge in [0.2, 0.25) is 0 Å². The number of alkyl halides is 17. The van der Waals surface area contributed by atoms with Crippen LogP contribution < -0.4 is 0 Å². The third kappa shape index (κ3) is 5.81. The summed E-state index contributed by atoms with van der Waals surface area (Å²) in [6.45, 7) is 3.19. The minimum Gasteiger partial charge on any atom is -0.374 e. The van der Waals surface area contributed by atoms with Gasteiger partial charge in [-0.3, -0.25) is 0 Å². The molecule has 0 fully saturated rings. The van der Waals surface area contributed by atoms with Crippen LogP contribution in [-0.2, 0) is 25.2 Å². The van der Waals surface area contributed by atoms with E-state index in [1.807, 2.05) is 0 Å². The van der Waals surface area contributed by atoms with Gasteiger partial charge in [0.15, 0.2) is 0 Å². The van der Waals surface area contributed by atoms with Crippen molar-refractivity contribution in [1.29, 1.82) is 0 Å². The molecular weight excluding hydrogens is 651 g/mol. The summed E-state index contributed by atoms with van der Waals surface area (Å²) in [4.78, 5) is 0. The topological polar surface area (TPSA) is 27.7 Å². The van der Waals surface area contributed by atoms with E-state index in [-0.39, 0.29) is 25.9 Å². The van der Waals surface area contributed by atoms with Crippen molar-refractivity contribution in [1.82, 2.24) is 0 Å². The number of hydrogen-bond donors (Lipinski definition) is 0. The number of halogens is 17. The molecule has 42 heavy (non-hydrogen) atoms. The SMILES string of the molecule is CCO[Si](Cc1ccccc1C(F)(F)C(F)(F)C(F)(F)C(F)(F)C(F)(F)C(F)(F)C(F)(F)C(F)(F)F)(OCC)OCC. The minimum absolute atomic E-state index is 0.0784. The van der Waals surface area contributed by atoms with Crippen molar-refractivity contribution in [2.24, 2.45) is 0 Å². The van der Waals surface area contributed by atoms with Crippen LogP contribution in [0.3, 0.4) is 0 Å². The molecular formula is C21H21F17O3Si. The van der Waals surface area contributed by atoms with Gasteiger partial charge >= 0.3 is 56.4 Å². The second kappa shape index (κ2) is 11.9. The zero-order chi connectivity index (χ0) is 33.4. The molecule has 0 bridgehead atoms. The lowest BCUT2D eigenvalue weighted by atomic mass is 9.86. The van der Waals surface area contributed by atoms with E-state index < -0.39 is 73.6 Å². The molecule has 0 heterocycles. The van der Waals surface area contributed by atoms with Crippen molar-refractivity contribution in [3.05, 3.63) is 35.4 Å². The molecule has 0 aliphatic carbocycles. The molecule has 0 saturated carbocycles. The van der Waals surface area contributed by atoms with Crippen LogP contribution in [0.2, 0.25) is 0 Å². The summed E-state index contributed by atoms with van der Waals surface area (Å²) in [6.07, 6.45) is -7.81. The lowest BCUT2D eigenvalue weighted by Crippen LogP contribution is -2.74. The van der Waals surface area contributed by atoms with Crippen LogP contribution in [-0.4, -0.2) is 70.3 Å². The minimum atomic E-state index is -8.69. The molecule has 0 atom stereocenters. The highest BCUT2D eigenvalue weighted by molar-refractivity contribution is 6.60. The summed E-state index contributed by atoms with van der Waals surface area (Å²) in [6, 6.07) is 0.679. The molecule has 1 aromatic carbocycles. The Morgan fingerprint density at radius 2 is 0.833 bits per heavy atom. The van der Waals surface area contributed by atoms with Gasteiger partial charge in [0.25, 0.3) is 0 Å². The lowest BCUT2D eigenvalue weighted by Gasteiger charge is -2.43. The fraction of sp³-hybridized carbons (Fsp3) is 0.714. The molecule has 1 rings (SSSR count). The Bertz CT molecular complexity index is 1040. The van der Waals surface area contributed by atoms with E-state index in [1.54, 1.807) is 0 Å². The average molecular weight is 672 g/mol. The van der Waals surface area contributed by atoms with Crippen molar-refractivity contribution in [2.45, 2.75) is 74.4 Å². The zero-order valence-electron chi connectivity index (χ0n) is 21.3. The van der Waals surface area contributed by atoms with Crippen molar-refractivity contribution >= 4 is 8.80 Å². The number of benzene rings is 1. The third-order valence-electron chi connectivity index (χ3n) is 5.58. The normalized spacial score (nSPS) is 15.3. The van der Waals surface area contributed by atoms with Crippen LogP contribution >= 0.6 is 0 Å². The van der Waals surface area contributed by atoms with Crippen LogP contribution in [0, 0.1) is 0 Å². The van der Waals surface area contributed by atoms with Gasteiger partial charge in [-0.2, -0.15) is 74.6 Å². The molecule has 0 aliphatic rings. The summed E-state index contributed by atoms with van der Waals surface area (Å²) in [5.41, 5.74) is -3.43. The van der Waals surface area contributed by atoms with Gasteiger partial charge in [0.1, 0.15) is 0 Å². The van der Waals surface area contributed by atoms with E-state index in [4.69, 9.17) is 13.3 Å². The highest BCUT2D eigenvalue weighted by Gasteiger charge is 2.95. The van der Waals surface area contributed by atoms with Crippen LogP contribution in [0.5, 0.6) is 0 Å². The molecule has 0 unspecified atom stereocenters. The second-order valence-corrected chi connectivity index (χ2v) is 10.9. The summed E-state index contributed by atoms with van der Waals surface area (Å²) < 4.78 is 249. The zero-order valence-corrected chi connectivity index (χ0v) is 22.3. The Morgan fingerprint density at radius 3 is 1.19 bits per heavy atom. The van der Waals surface area contributed by atoms with Crippen molar-refractivity contribution in [3.63, 3.8) is 0 Å². The number of rotatable bonds is 15. The Labute approximate surface area is 227 Å². The van der Waals surface area contributed by atoms with E-state index in [2.05, 4.69) is 0 Å². The van der Waals surface area contributed by atoms with Crippen molar-refractivity contribution in [3.8, 4) is 0 Å². The molecule has 0 saturated heterocycles. The highest BCUT2D eigenvalue weighted by atomic mass is 28.4. The first-order valence-corrected chi connectivity index (χ1v) is 13.3. The van der Waals surface area contributed by atoms with Crippen LogP contribution in [0.15, 0.2) is 24.3 Å². The first kappa shape index (κ1) is 38.2. The van der Waals surface area contributed by atoms with Gasteiger partial charge in [0, 0.05) is 31.4 Å². The summed E-state index contributed by atoms with van der Waals surface area (Å²) in [5.74, 6) is -57.1.